The third kappa shape index (κ3) is 4.95. The Morgan fingerprint density at radius 3 is 2.34 bits per heavy atom. The average Bonchev–Trinajstić information content (AvgIpc) is 3.19. The van der Waals surface area contributed by atoms with E-state index < -0.39 is 26.7 Å². The minimum atomic E-state index is -3.73. The highest BCUT2D eigenvalue weighted by molar-refractivity contribution is 7.89. The van der Waals surface area contributed by atoms with Crippen LogP contribution in [0.15, 0.2) is 60.2 Å². The van der Waals surface area contributed by atoms with Gasteiger partial charge in [-0.25, -0.2) is 12.7 Å². The smallest absolute Gasteiger partial charge is 0.224 e. The molecule has 0 spiro atoms. The monoisotopic (exact) mass is 559 g/mol. The molecule has 2 unspecified atom stereocenters. The topological polar surface area (TPSA) is 88.5 Å². The van der Waals surface area contributed by atoms with Gasteiger partial charge in [-0.1, -0.05) is 49.7 Å². The molecule has 4 rings (SSSR count). The van der Waals surface area contributed by atoms with Gasteiger partial charge in [0.1, 0.15) is 17.6 Å². The zero-order valence-corrected chi connectivity index (χ0v) is 23.7. The Kier molecular flexibility index (Phi) is 8.20. The van der Waals surface area contributed by atoms with E-state index in [1.165, 1.54) is 10.4 Å². The van der Waals surface area contributed by atoms with Crippen molar-refractivity contribution in [3.63, 3.8) is 0 Å². The molecule has 0 bridgehead atoms. The van der Waals surface area contributed by atoms with Crippen LogP contribution in [0.5, 0.6) is 11.5 Å². The summed E-state index contributed by atoms with van der Waals surface area (Å²) in [5.41, 5.74) is 1.56. The molecule has 8 nitrogen and oxygen atoms in total. The highest BCUT2D eigenvalue weighted by Crippen LogP contribution is 2.41. The van der Waals surface area contributed by atoms with Gasteiger partial charge in [0.25, 0.3) is 0 Å². The Bertz CT molecular complexity index is 1340. The van der Waals surface area contributed by atoms with Gasteiger partial charge in [-0.15, -0.1) is 6.58 Å². The SMILES string of the molecule is C=CC(c1ccccc1Cl)S(=O)(=O)N1CCC(N2N=C(c3ccc(OC)c(OC)c3)C(C)(C)C2C=O)CC1. The van der Waals surface area contributed by atoms with Crippen molar-refractivity contribution in [3.05, 3.63) is 71.3 Å². The van der Waals surface area contributed by atoms with Crippen LogP contribution in [0.25, 0.3) is 0 Å². The minimum absolute atomic E-state index is 0.0870. The Labute approximate surface area is 229 Å². The van der Waals surface area contributed by atoms with Crippen molar-refractivity contribution >= 4 is 33.6 Å². The molecule has 2 aliphatic heterocycles. The van der Waals surface area contributed by atoms with Crippen molar-refractivity contribution in [2.75, 3.05) is 27.3 Å². The number of hydrogen-bond donors (Lipinski definition) is 0. The fourth-order valence-corrected chi connectivity index (χ4v) is 7.50. The molecule has 2 atom stereocenters. The van der Waals surface area contributed by atoms with Crippen molar-refractivity contribution in [2.24, 2.45) is 10.5 Å². The van der Waals surface area contributed by atoms with Crippen LogP contribution in [0.1, 0.15) is 43.1 Å². The average molecular weight is 560 g/mol. The lowest BCUT2D eigenvalue weighted by molar-refractivity contribution is -0.115. The standard InChI is InChI=1S/C28H34ClN3O5S/c1-6-25(21-9-7-8-10-22(21)29)38(34,35)31-15-13-20(14-16-31)32-26(18-33)28(2,3)27(30-32)19-11-12-23(36-4)24(17-19)37-5/h6-12,17-18,20,25-26H,1,13-16H2,2-5H3. The van der Waals surface area contributed by atoms with E-state index in [-0.39, 0.29) is 6.04 Å². The summed E-state index contributed by atoms with van der Waals surface area (Å²) in [6.45, 7) is 8.39. The van der Waals surface area contributed by atoms with E-state index in [9.17, 15) is 13.2 Å². The fraction of sp³-hybridized carbons (Fsp3) is 0.429. The van der Waals surface area contributed by atoms with E-state index >= 15 is 0 Å². The van der Waals surface area contributed by atoms with Crippen molar-refractivity contribution in [1.29, 1.82) is 0 Å². The largest absolute Gasteiger partial charge is 0.493 e. The molecule has 0 aliphatic carbocycles. The minimum Gasteiger partial charge on any atom is -0.493 e. The Morgan fingerprint density at radius 1 is 1.11 bits per heavy atom. The van der Waals surface area contributed by atoms with Crippen molar-refractivity contribution in [3.8, 4) is 11.5 Å². The van der Waals surface area contributed by atoms with E-state index in [0.717, 1.165) is 17.6 Å². The van der Waals surface area contributed by atoms with Gasteiger partial charge in [-0.2, -0.15) is 5.10 Å². The number of hydrogen-bond acceptors (Lipinski definition) is 7. The molecule has 1 fully saturated rings. The normalized spacial score (nSPS) is 21.0. The molecule has 0 amide bonds. The summed E-state index contributed by atoms with van der Waals surface area (Å²) in [7, 11) is -0.568. The van der Waals surface area contributed by atoms with E-state index in [1.54, 1.807) is 38.5 Å². The maximum Gasteiger partial charge on any atom is 0.224 e. The maximum atomic E-state index is 13.5. The summed E-state index contributed by atoms with van der Waals surface area (Å²) in [4.78, 5) is 12.3. The molecule has 0 radical (unpaired) electrons. The number of methoxy groups -OCH3 is 2. The van der Waals surface area contributed by atoms with Crippen LogP contribution in [0.4, 0.5) is 0 Å². The quantitative estimate of drug-likeness (QED) is 0.327. The van der Waals surface area contributed by atoms with Gasteiger partial charge in [0.15, 0.2) is 11.5 Å². The number of halogens is 1. The van der Waals surface area contributed by atoms with Crippen molar-refractivity contribution < 1.29 is 22.7 Å². The molecular formula is C28H34ClN3O5S. The van der Waals surface area contributed by atoms with Gasteiger partial charge in [-0.3, -0.25) is 5.01 Å². The second-order valence-corrected chi connectivity index (χ2v) is 12.5. The number of hydrazone groups is 1. The van der Waals surface area contributed by atoms with Crippen LogP contribution in [-0.4, -0.2) is 69.1 Å². The number of piperidine rings is 1. The second-order valence-electron chi connectivity index (χ2n) is 10.1. The summed E-state index contributed by atoms with van der Waals surface area (Å²) in [5, 5.41) is 6.25. The number of ether oxygens (including phenoxy) is 2. The third-order valence-electron chi connectivity index (χ3n) is 7.54. The first-order valence-electron chi connectivity index (χ1n) is 12.5. The number of carbonyl (C=O) groups excluding carboxylic acids is 1. The van der Waals surface area contributed by atoms with Crippen molar-refractivity contribution in [2.45, 2.75) is 44.0 Å². The molecule has 2 aliphatic rings. The van der Waals surface area contributed by atoms with Crippen LogP contribution in [-0.2, 0) is 14.8 Å². The number of carbonyl (C=O) groups is 1. The van der Waals surface area contributed by atoms with Gasteiger partial charge >= 0.3 is 0 Å². The summed E-state index contributed by atoms with van der Waals surface area (Å²) < 4.78 is 39.4. The van der Waals surface area contributed by atoms with Gasteiger partial charge in [0.2, 0.25) is 10.0 Å². The number of sulfonamides is 1. The van der Waals surface area contributed by atoms with Gasteiger partial charge in [0, 0.05) is 29.1 Å². The van der Waals surface area contributed by atoms with Gasteiger partial charge < -0.3 is 14.3 Å². The molecule has 0 saturated carbocycles. The molecule has 38 heavy (non-hydrogen) atoms. The Hall–Kier alpha value is -2.88. The van der Waals surface area contributed by atoms with Crippen molar-refractivity contribution in [1.82, 2.24) is 9.31 Å². The van der Waals surface area contributed by atoms with E-state index in [4.69, 9.17) is 26.2 Å². The number of benzene rings is 2. The lowest BCUT2D eigenvalue weighted by Crippen LogP contribution is -2.50. The summed E-state index contributed by atoms with van der Waals surface area (Å²) in [6, 6.07) is 11.9. The summed E-state index contributed by atoms with van der Waals surface area (Å²) >= 11 is 6.31. The molecule has 0 N–H and O–H groups in total. The van der Waals surface area contributed by atoms with Crippen LogP contribution >= 0.6 is 11.6 Å². The van der Waals surface area contributed by atoms with Gasteiger partial charge in [0.05, 0.1) is 26.0 Å². The predicted molar refractivity (Wildman–Crippen MR) is 149 cm³/mol. The molecule has 10 heteroatoms. The van der Waals surface area contributed by atoms with Crippen LogP contribution < -0.4 is 9.47 Å². The molecule has 1 saturated heterocycles. The first-order chi connectivity index (χ1) is 18.1. The van der Waals surface area contributed by atoms with Crippen LogP contribution in [0.3, 0.4) is 0 Å². The first kappa shape index (κ1) is 28.1. The fourth-order valence-electron chi connectivity index (χ4n) is 5.37. The molecule has 204 valence electrons. The van der Waals surface area contributed by atoms with E-state index in [0.29, 0.717) is 48.0 Å². The molecule has 2 heterocycles. The number of aldehydes is 1. The van der Waals surface area contributed by atoms with Crippen LogP contribution in [0.2, 0.25) is 5.02 Å². The lowest BCUT2D eigenvalue weighted by Gasteiger charge is -2.39. The molecule has 0 aromatic heterocycles. The van der Waals surface area contributed by atoms with E-state index in [2.05, 4.69) is 6.58 Å². The number of rotatable bonds is 9. The first-order valence-corrected chi connectivity index (χ1v) is 14.4. The highest BCUT2D eigenvalue weighted by atomic mass is 35.5. The summed E-state index contributed by atoms with van der Waals surface area (Å²) in [6.07, 6.45) is 3.43. The van der Waals surface area contributed by atoms with E-state index in [1.807, 2.05) is 37.1 Å². The number of nitrogens with zero attached hydrogens (tertiary/aromatic N) is 3. The highest BCUT2D eigenvalue weighted by Gasteiger charge is 2.48. The molecule has 2 aromatic carbocycles. The molecule has 2 aromatic rings. The maximum absolute atomic E-state index is 13.5. The lowest BCUT2D eigenvalue weighted by atomic mass is 9.78. The van der Waals surface area contributed by atoms with Crippen LogP contribution in [0, 0.1) is 5.41 Å². The third-order valence-corrected chi connectivity index (χ3v) is 10.1. The summed E-state index contributed by atoms with van der Waals surface area (Å²) in [5.74, 6) is 1.19. The van der Waals surface area contributed by atoms with Gasteiger partial charge in [-0.05, 0) is 42.7 Å². The zero-order valence-electron chi connectivity index (χ0n) is 22.1. The zero-order chi connectivity index (χ0) is 27.7. The Balaban J connectivity index is 1.57. The Morgan fingerprint density at radius 2 is 1.76 bits per heavy atom. The predicted octanol–water partition coefficient (Wildman–Crippen LogP) is 4.69. The second kappa shape index (κ2) is 11.1. The molecular weight excluding hydrogens is 526 g/mol.